The van der Waals surface area contributed by atoms with Gasteiger partial charge in [-0.3, -0.25) is 9.59 Å². The first-order valence-corrected chi connectivity index (χ1v) is 6.32. The molecule has 0 unspecified atom stereocenters. The van der Waals surface area contributed by atoms with Crippen LogP contribution >= 0.6 is 0 Å². The van der Waals surface area contributed by atoms with Crippen molar-refractivity contribution in [3.8, 4) is 5.75 Å². The first-order valence-electron chi connectivity index (χ1n) is 6.32. The molecule has 1 aliphatic rings. The van der Waals surface area contributed by atoms with Gasteiger partial charge in [0.05, 0.1) is 0 Å². The molecule has 3 rings (SSSR count). The van der Waals surface area contributed by atoms with Gasteiger partial charge in [-0.15, -0.1) is 0 Å². The molecule has 0 fully saturated rings. The molecule has 0 radical (unpaired) electrons. The molecule has 0 spiro atoms. The van der Waals surface area contributed by atoms with Crippen molar-refractivity contribution in [2.24, 2.45) is 0 Å². The first-order chi connectivity index (χ1) is 9.76. The summed E-state index contributed by atoms with van der Waals surface area (Å²) in [6.07, 6.45) is 2.71. The molecule has 0 aliphatic heterocycles. The van der Waals surface area contributed by atoms with Crippen LogP contribution in [0.3, 0.4) is 0 Å². The minimum absolute atomic E-state index is 0. The molecule has 3 nitrogen and oxygen atoms in total. The number of aldehydes is 1. The highest BCUT2D eigenvalue weighted by atomic mass is 16.5. The van der Waals surface area contributed by atoms with Crippen molar-refractivity contribution in [1.82, 2.24) is 0 Å². The van der Waals surface area contributed by atoms with Crippen LogP contribution in [0.25, 0.3) is 5.76 Å². The molecular weight excluding hydrogens is 252 g/mol. The predicted molar refractivity (Wildman–Crippen MR) is 77.7 cm³/mol. The smallest absolute Gasteiger partial charge is 0.163 e. The van der Waals surface area contributed by atoms with Gasteiger partial charge in [-0.1, -0.05) is 24.3 Å². The molecule has 100 valence electrons. The Kier molecular flexibility index (Phi) is 3.17. The van der Waals surface area contributed by atoms with E-state index in [0.29, 0.717) is 23.5 Å². The highest BCUT2D eigenvalue weighted by molar-refractivity contribution is 6.00. The normalized spacial score (nSPS) is 13.4. The lowest BCUT2D eigenvalue weighted by Crippen LogP contribution is -2.11. The van der Waals surface area contributed by atoms with Crippen molar-refractivity contribution in [2.45, 2.75) is 6.42 Å². The van der Waals surface area contributed by atoms with Crippen molar-refractivity contribution in [1.29, 1.82) is 0 Å². The Morgan fingerprint density at radius 3 is 2.55 bits per heavy atom. The van der Waals surface area contributed by atoms with Gasteiger partial charge in [0.2, 0.25) is 0 Å². The molecule has 0 saturated heterocycles. The molecular formula is C17H14O3. The summed E-state index contributed by atoms with van der Waals surface area (Å²) in [5.41, 5.74) is 2.50. The molecule has 0 saturated carbocycles. The number of rotatable bonds is 3. The van der Waals surface area contributed by atoms with Gasteiger partial charge in [-0.2, -0.15) is 0 Å². The van der Waals surface area contributed by atoms with Crippen LogP contribution in [0, 0.1) is 0 Å². The average Bonchev–Trinajstić information content (AvgIpc) is 2.48. The van der Waals surface area contributed by atoms with Gasteiger partial charge in [0.1, 0.15) is 17.8 Å². The Morgan fingerprint density at radius 1 is 1.05 bits per heavy atom. The van der Waals surface area contributed by atoms with E-state index in [2.05, 4.69) is 0 Å². The lowest BCUT2D eigenvalue weighted by atomic mass is 9.95. The van der Waals surface area contributed by atoms with Gasteiger partial charge in [0.15, 0.2) is 5.78 Å². The number of carbonyl (C=O) groups excluding carboxylic acids is 2. The van der Waals surface area contributed by atoms with Crippen LogP contribution in [0.2, 0.25) is 0 Å². The quantitative estimate of drug-likeness (QED) is 0.801. The van der Waals surface area contributed by atoms with Crippen molar-refractivity contribution in [3.05, 3.63) is 71.3 Å². The van der Waals surface area contributed by atoms with Crippen LogP contribution in [0.15, 0.2) is 54.6 Å². The fourth-order valence-corrected chi connectivity index (χ4v) is 2.20. The van der Waals surface area contributed by atoms with Crippen molar-refractivity contribution < 1.29 is 15.8 Å². The van der Waals surface area contributed by atoms with Gasteiger partial charge < -0.3 is 4.74 Å². The Balaban J connectivity index is 0.00000161. The largest absolute Gasteiger partial charge is 0.457 e. The number of ether oxygens (including phenoxy) is 1. The lowest BCUT2D eigenvalue weighted by molar-refractivity contribution is -0.114. The van der Waals surface area contributed by atoms with Crippen molar-refractivity contribution >= 4 is 17.8 Å². The zero-order valence-electron chi connectivity index (χ0n) is 10.7. The SMILES string of the molecule is O=Cc1ccc(OC2=CC(=O)Cc3ccccc32)cc1.[HH]. The van der Waals surface area contributed by atoms with Crippen molar-refractivity contribution in [2.75, 3.05) is 0 Å². The van der Waals surface area contributed by atoms with Crippen LogP contribution in [-0.4, -0.2) is 12.1 Å². The van der Waals surface area contributed by atoms with Crippen molar-refractivity contribution in [3.63, 3.8) is 0 Å². The molecule has 0 bridgehead atoms. The van der Waals surface area contributed by atoms with E-state index >= 15 is 0 Å². The fraction of sp³-hybridized carbons (Fsp3) is 0.0588. The monoisotopic (exact) mass is 266 g/mol. The van der Waals surface area contributed by atoms with Crippen LogP contribution in [0.5, 0.6) is 5.75 Å². The highest BCUT2D eigenvalue weighted by Crippen LogP contribution is 2.27. The fourth-order valence-electron chi connectivity index (χ4n) is 2.20. The van der Waals surface area contributed by atoms with Crippen LogP contribution < -0.4 is 4.74 Å². The highest BCUT2D eigenvalue weighted by Gasteiger charge is 2.18. The maximum absolute atomic E-state index is 11.7. The lowest BCUT2D eigenvalue weighted by Gasteiger charge is -2.17. The number of benzene rings is 2. The average molecular weight is 266 g/mol. The molecule has 0 atom stereocenters. The number of hydrogen-bond donors (Lipinski definition) is 0. The second-order valence-corrected chi connectivity index (χ2v) is 4.60. The standard InChI is InChI=1S/C17H12O3.H2/c18-11-12-5-7-15(8-6-12)20-17-10-14(19)9-13-3-1-2-4-16(13)17;/h1-8,10-11H,9H2;1H. The summed E-state index contributed by atoms with van der Waals surface area (Å²) in [6, 6.07) is 14.5. The van der Waals surface area contributed by atoms with Crippen LogP contribution in [-0.2, 0) is 11.2 Å². The van der Waals surface area contributed by atoms with Gasteiger partial charge >= 0.3 is 0 Å². The second-order valence-electron chi connectivity index (χ2n) is 4.60. The van der Waals surface area contributed by atoms with Gasteiger partial charge in [0, 0.05) is 25.1 Å². The molecule has 2 aromatic rings. The third-order valence-electron chi connectivity index (χ3n) is 3.18. The summed E-state index contributed by atoms with van der Waals surface area (Å²) < 4.78 is 5.78. The summed E-state index contributed by atoms with van der Waals surface area (Å²) in [5.74, 6) is 1.19. The van der Waals surface area contributed by atoms with E-state index in [1.165, 1.54) is 6.08 Å². The maximum atomic E-state index is 11.7. The molecule has 1 aliphatic carbocycles. The van der Waals surface area contributed by atoms with E-state index in [9.17, 15) is 9.59 Å². The molecule has 0 N–H and O–H groups in total. The number of ketones is 1. The zero-order chi connectivity index (χ0) is 13.9. The first kappa shape index (κ1) is 12.4. The van der Waals surface area contributed by atoms with E-state index in [1.807, 2.05) is 24.3 Å². The third kappa shape index (κ3) is 2.38. The Hall–Kier alpha value is -2.68. The number of fused-ring (bicyclic) bond motifs is 1. The topological polar surface area (TPSA) is 43.4 Å². The molecule has 2 aromatic carbocycles. The summed E-state index contributed by atoms with van der Waals surface area (Å²) in [6.45, 7) is 0. The van der Waals surface area contributed by atoms with Crippen LogP contribution in [0.1, 0.15) is 22.9 Å². The van der Waals surface area contributed by atoms with E-state index in [1.54, 1.807) is 24.3 Å². The van der Waals surface area contributed by atoms with Gasteiger partial charge in [0.25, 0.3) is 0 Å². The Morgan fingerprint density at radius 2 is 1.80 bits per heavy atom. The summed E-state index contributed by atoms with van der Waals surface area (Å²) in [7, 11) is 0. The molecule has 0 amide bonds. The minimum Gasteiger partial charge on any atom is -0.457 e. The second kappa shape index (κ2) is 5.13. The Bertz CT molecular complexity index is 702. The summed E-state index contributed by atoms with van der Waals surface area (Å²) >= 11 is 0. The van der Waals surface area contributed by atoms with E-state index in [4.69, 9.17) is 4.74 Å². The summed E-state index contributed by atoms with van der Waals surface area (Å²) in [5, 5.41) is 0. The van der Waals surface area contributed by atoms with E-state index < -0.39 is 0 Å². The van der Waals surface area contributed by atoms with Gasteiger partial charge in [-0.25, -0.2) is 0 Å². The molecule has 3 heteroatoms. The molecule has 20 heavy (non-hydrogen) atoms. The van der Waals surface area contributed by atoms with Crippen LogP contribution in [0.4, 0.5) is 0 Å². The minimum atomic E-state index is 0. The summed E-state index contributed by atoms with van der Waals surface area (Å²) in [4.78, 5) is 22.3. The number of carbonyl (C=O) groups is 2. The number of allylic oxidation sites excluding steroid dienone is 1. The maximum Gasteiger partial charge on any atom is 0.163 e. The van der Waals surface area contributed by atoms with E-state index in [0.717, 1.165) is 17.4 Å². The Labute approximate surface area is 118 Å². The third-order valence-corrected chi connectivity index (χ3v) is 3.18. The zero-order valence-corrected chi connectivity index (χ0v) is 10.7. The number of hydrogen-bond acceptors (Lipinski definition) is 3. The molecule has 0 aromatic heterocycles. The molecule has 0 heterocycles. The predicted octanol–water partition coefficient (Wildman–Crippen LogP) is 3.29. The van der Waals surface area contributed by atoms with Gasteiger partial charge in [-0.05, 0) is 29.8 Å². The van der Waals surface area contributed by atoms with E-state index in [-0.39, 0.29) is 7.21 Å².